The van der Waals surface area contributed by atoms with E-state index in [1.807, 2.05) is 24.3 Å². The molecule has 27 heavy (non-hydrogen) atoms. The van der Waals surface area contributed by atoms with Crippen molar-refractivity contribution in [2.45, 2.75) is 25.3 Å². The molecule has 0 radical (unpaired) electrons. The first-order chi connectivity index (χ1) is 12.8. The first-order valence-corrected chi connectivity index (χ1v) is 11.1. The Morgan fingerprint density at radius 2 is 1.96 bits per heavy atom. The molecule has 9 heteroatoms. The Balaban J connectivity index is 2.14. The molecule has 1 aromatic heterocycles. The fourth-order valence-corrected chi connectivity index (χ4v) is 5.23. The maximum absolute atomic E-state index is 15.1. The highest BCUT2D eigenvalue weighted by Gasteiger charge is 2.37. The zero-order valence-corrected chi connectivity index (χ0v) is 17.4. The number of rotatable bonds is 5. The van der Waals surface area contributed by atoms with Crippen LogP contribution in [0.1, 0.15) is 19.4 Å². The van der Waals surface area contributed by atoms with Gasteiger partial charge in [0.15, 0.2) is 21.5 Å². The Hall–Kier alpha value is -1.74. The number of benzene rings is 1. The van der Waals surface area contributed by atoms with Gasteiger partial charge in [-0.3, -0.25) is 0 Å². The number of halogens is 3. The highest BCUT2D eigenvalue weighted by molar-refractivity contribution is 9.10. The summed E-state index contributed by atoms with van der Waals surface area (Å²) in [6.07, 6.45) is 0. The molecule has 1 aliphatic heterocycles. The van der Waals surface area contributed by atoms with E-state index in [1.54, 1.807) is 13.8 Å². The van der Waals surface area contributed by atoms with Crippen LogP contribution in [0.5, 0.6) is 0 Å². The molecule has 0 fully saturated rings. The van der Waals surface area contributed by atoms with E-state index < -0.39 is 26.5 Å². The minimum absolute atomic E-state index is 0.0739. The van der Waals surface area contributed by atoms with Gasteiger partial charge < -0.3 is 9.80 Å². The Morgan fingerprint density at radius 3 is 2.59 bits per heavy atom. The number of aromatic nitrogens is 1. The number of fused-ring (bicyclic) bond motifs is 1. The molecule has 0 aliphatic carbocycles. The highest BCUT2D eigenvalue weighted by Crippen LogP contribution is 2.38. The Morgan fingerprint density at radius 1 is 1.26 bits per heavy atom. The van der Waals surface area contributed by atoms with Crippen molar-refractivity contribution in [3.63, 3.8) is 0 Å². The average Bonchev–Trinajstić information content (AvgIpc) is 2.61. The van der Waals surface area contributed by atoms with E-state index in [2.05, 4.69) is 20.9 Å². The summed E-state index contributed by atoms with van der Waals surface area (Å²) in [6.45, 7) is 4.65. The van der Waals surface area contributed by atoms with E-state index in [0.29, 0.717) is 13.1 Å². The summed E-state index contributed by atoms with van der Waals surface area (Å²) < 4.78 is 56.0. The van der Waals surface area contributed by atoms with E-state index in [4.69, 9.17) is 0 Å². The summed E-state index contributed by atoms with van der Waals surface area (Å²) >= 11 is 3.38. The standard InChI is InChI=1S/C18H20BrF2N3O2S/c1-3-23(4-2)18-14(20)16-15(17(21)22-18)24(8-9-27(16,25)26)11-12-6-5-7-13(19)10-12/h5-7,10H,3-4,8-9,11H2,1-2H3. The maximum atomic E-state index is 15.1. The second kappa shape index (κ2) is 7.71. The second-order valence-corrected chi connectivity index (χ2v) is 9.22. The van der Waals surface area contributed by atoms with E-state index in [9.17, 15) is 12.8 Å². The lowest BCUT2D eigenvalue weighted by atomic mass is 10.2. The SMILES string of the molecule is CCN(CC)c1nc(F)c2c(c1F)S(=O)(=O)CCN2Cc1cccc(Br)c1. The van der Waals surface area contributed by atoms with Crippen LogP contribution in [0.2, 0.25) is 0 Å². The first-order valence-electron chi connectivity index (χ1n) is 8.64. The summed E-state index contributed by atoms with van der Waals surface area (Å²) in [7, 11) is -3.93. The summed E-state index contributed by atoms with van der Waals surface area (Å²) in [5, 5.41) is 0. The van der Waals surface area contributed by atoms with E-state index >= 15 is 4.39 Å². The van der Waals surface area contributed by atoms with Gasteiger partial charge >= 0.3 is 0 Å². The minimum Gasteiger partial charge on any atom is -0.361 e. The van der Waals surface area contributed by atoms with Crippen LogP contribution >= 0.6 is 15.9 Å². The van der Waals surface area contributed by atoms with Crippen molar-refractivity contribution in [2.24, 2.45) is 0 Å². The topological polar surface area (TPSA) is 53.5 Å². The monoisotopic (exact) mass is 459 g/mol. The quantitative estimate of drug-likeness (QED) is 0.637. The number of anilines is 2. The number of hydrogen-bond donors (Lipinski definition) is 0. The number of nitrogens with zero attached hydrogens (tertiary/aromatic N) is 3. The highest BCUT2D eigenvalue weighted by atomic mass is 79.9. The van der Waals surface area contributed by atoms with Gasteiger partial charge in [-0.05, 0) is 31.5 Å². The Labute approximate surface area is 166 Å². The van der Waals surface area contributed by atoms with Crippen molar-refractivity contribution < 1.29 is 17.2 Å². The molecule has 146 valence electrons. The van der Waals surface area contributed by atoms with Crippen molar-refractivity contribution in [3.05, 3.63) is 46.1 Å². The molecular formula is C18H20BrF2N3O2S. The van der Waals surface area contributed by atoms with Gasteiger partial charge in [-0.15, -0.1) is 0 Å². The summed E-state index contributed by atoms with van der Waals surface area (Å²) in [6, 6.07) is 7.39. The van der Waals surface area contributed by atoms with Crippen LogP contribution in [0.25, 0.3) is 0 Å². The molecular weight excluding hydrogens is 440 g/mol. The lowest BCUT2D eigenvalue weighted by molar-refractivity contribution is 0.514. The lowest BCUT2D eigenvalue weighted by Gasteiger charge is -2.32. The molecule has 0 unspecified atom stereocenters. The van der Waals surface area contributed by atoms with Gasteiger partial charge in [-0.2, -0.15) is 9.37 Å². The molecule has 3 rings (SSSR count). The summed E-state index contributed by atoms with van der Waals surface area (Å²) in [5.74, 6) is -2.48. The summed E-state index contributed by atoms with van der Waals surface area (Å²) in [5.41, 5.74) is 0.567. The molecule has 1 aromatic carbocycles. The summed E-state index contributed by atoms with van der Waals surface area (Å²) in [4.78, 5) is 6.23. The van der Waals surface area contributed by atoms with Crippen LogP contribution in [0, 0.1) is 11.8 Å². The van der Waals surface area contributed by atoms with Gasteiger partial charge in [0.05, 0.1) is 5.75 Å². The fraction of sp³-hybridized carbons (Fsp3) is 0.389. The van der Waals surface area contributed by atoms with Crippen molar-refractivity contribution in [1.82, 2.24) is 4.98 Å². The lowest BCUT2D eigenvalue weighted by Crippen LogP contribution is -2.37. The molecule has 0 saturated carbocycles. The van der Waals surface area contributed by atoms with Crippen molar-refractivity contribution in [3.8, 4) is 0 Å². The van der Waals surface area contributed by atoms with Gasteiger partial charge in [0, 0.05) is 30.7 Å². The molecule has 0 bridgehead atoms. The Bertz CT molecular complexity index is 965. The van der Waals surface area contributed by atoms with Gasteiger partial charge in [0.25, 0.3) is 0 Å². The minimum atomic E-state index is -3.93. The maximum Gasteiger partial charge on any atom is 0.239 e. The van der Waals surface area contributed by atoms with Gasteiger partial charge in [-0.25, -0.2) is 12.8 Å². The third-order valence-corrected chi connectivity index (χ3v) is 6.80. The normalized spacial score (nSPS) is 15.5. The number of sulfone groups is 1. The van der Waals surface area contributed by atoms with Gasteiger partial charge in [-0.1, -0.05) is 28.1 Å². The molecule has 0 atom stereocenters. The van der Waals surface area contributed by atoms with Crippen LogP contribution in [0.15, 0.2) is 33.6 Å². The van der Waals surface area contributed by atoms with Crippen LogP contribution in [-0.2, 0) is 16.4 Å². The van der Waals surface area contributed by atoms with Crippen molar-refractivity contribution in [1.29, 1.82) is 0 Å². The van der Waals surface area contributed by atoms with Gasteiger partial charge in [0.2, 0.25) is 5.95 Å². The largest absolute Gasteiger partial charge is 0.361 e. The first kappa shape index (κ1) is 20.0. The van der Waals surface area contributed by atoms with E-state index in [0.717, 1.165) is 10.0 Å². The molecule has 1 aliphatic rings. The van der Waals surface area contributed by atoms with Crippen LogP contribution < -0.4 is 9.80 Å². The van der Waals surface area contributed by atoms with Crippen molar-refractivity contribution in [2.75, 3.05) is 35.2 Å². The number of hydrogen-bond acceptors (Lipinski definition) is 5. The predicted molar refractivity (Wildman–Crippen MR) is 105 cm³/mol. The predicted octanol–water partition coefficient (Wildman–Crippen LogP) is 3.76. The third-order valence-electron chi connectivity index (χ3n) is 4.59. The second-order valence-electron chi connectivity index (χ2n) is 6.26. The molecule has 2 heterocycles. The van der Waals surface area contributed by atoms with Crippen molar-refractivity contribution >= 4 is 37.3 Å². The number of pyridine rings is 1. The average molecular weight is 460 g/mol. The van der Waals surface area contributed by atoms with E-state index in [1.165, 1.54) is 9.80 Å². The molecule has 0 amide bonds. The fourth-order valence-electron chi connectivity index (χ4n) is 3.24. The Kier molecular flexibility index (Phi) is 5.71. The molecule has 0 N–H and O–H groups in total. The molecule has 5 nitrogen and oxygen atoms in total. The van der Waals surface area contributed by atoms with Crippen LogP contribution in [0.3, 0.4) is 0 Å². The zero-order chi connectivity index (χ0) is 19.8. The van der Waals surface area contributed by atoms with E-state index in [-0.39, 0.29) is 30.3 Å². The third kappa shape index (κ3) is 3.80. The smallest absolute Gasteiger partial charge is 0.239 e. The molecule has 0 saturated heterocycles. The van der Waals surface area contributed by atoms with Crippen LogP contribution in [0.4, 0.5) is 20.3 Å². The zero-order valence-electron chi connectivity index (χ0n) is 15.0. The van der Waals surface area contributed by atoms with Gasteiger partial charge in [0.1, 0.15) is 10.6 Å². The molecule has 0 spiro atoms. The molecule has 2 aromatic rings. The van der Waals surface area contributed by atoms with Crippen LogP contribution in [-0.4, -0.2) is 38.8 Å².